The van der Waals surface area contributed by atoms with Crippen LogP contribution in [0.15, 0.2) is 40.9 Å². The molecular formula is C14H7BrClN3. The maximum Gasteiger partial charge on any atom is 0.101 e. The van der Waals surface area contributed by atoms with E-state index >= 15 is 0 Å². The molecule has 0 saturated heterocycles. The number of halogens is 2. The van der Waals surface area contributed by atoms with Gasteiger partial charge in [0.15, 0.2) is 0 Å². The molecule has 0 spiro atoms. The zero-order chi connectivity index (χ0) is 13.8. The fraction of sp³-hybridized carbons (Fsp3) is 0. The van der Waals surface area contributed by atoms with Gasteiger partial charge in [-0.05, 0) is 36.4 Å². The molecule has 5 heteroatoms. The van der Waals surface area contributed by atoms with E-state index in [-0.39, 0.29) is 0 Å². The highest BCUT2D eigenvalue weighted by atomic mass is 79.9. The largest absolute Gasteiger partial charge is 0.353 e. The van der Waals surface area contributed by atoms with E-state index in [1.165, 1.54) is 0 Å². The fourth-order valence-corrected chi connectivity index (χ4v) is 2.11. The summed E-state index contributed by atoms with van der Waals surface area (Å²) in [6, 6.07) is 14.5. The molecule has 0 atom stereocenters. The molecule has 2 aromatic carbocycles. The van der Waals surface area contributed by atoms with Gasteiger partial charge in [0, 0.05) is 9.50 Å². The Morgan fingerprint density at radius 2 is 1.53 bits per heavy atom. The van der Waals surface area contributed by atoms with Gasteiger partial charge in [-0.3, -0.25) is 0 Å². The highest BCUT2D eigenvalue weighted by Gasteiger charge is 2.07. The SMILES string of the molecule is N#Cc1cc(Cl)ccc1Nc1ccc(Br)cc1C#N. The molecule has 0 amide bonds. The number of hydrogen-bond donors (Lipinski definition) is 1. The van der Waals surface area contributed by atoms with Crippen LogP contribution in [0.1, 0.15) is 11.1 Å². The topological polar surface area (TPSA) is 59.6 Å². The lowest BCUT2D eigenvalue weighted by Gasteiger charge is -2.10. The molecule has 0 heterocycles. The molecule has 92 valence electrons. The lowest BCUT2D eigenvalue weighted by Crippen LogP contribution is -1.96. The number of rotatable bonds is 2. The normalized spacial score (nSPS) is 9.47. The molecule has 0 aliphatic carbocycles. The van der Waals surface area contributed by atoms with Crippen molar-refractivity contribution in [2.45, 2.75) is 0 Å². The van der Waals surface area contributed by atoms with Gasteiger partial charge < -0.3 is 5.32 Å². The third-order valence-corrected chi connectivity index (χ3v) is 3.20. The van der Waals surface area contributed by atoms with Gasteiger partial charge >= 0.3 is 0 Å². The number of nitriles is 2. The highest BCUT2D eigenvalue weighted by molar-refractivity contribution is 9.10. The van der Waals surface area contributed by atoms with Crippen molar-refractivity contribution >= 4 is 38.9 Å². The first-order chi connectivity index (χ1) is 9.13. The van der Waals surface area contributed by atoms with E-state index in [9.17, 15) is 0 Å². The molecule has 0 aliphatic heterocycles. The van der Waals surface area contributed by atoms with E-state index in [1.807, 2.05) is 6.07 Å². The Kier molecular flexibility index (Phi) is 4.06. The monoisotopic (exact) mass is 331 g/mol. The Labute approximate surface area is 124 Å². The summed E-state index contributed by atoms with van der Waals surface area (Å²) in [6.07, 6.45) is 0. The standard InChI is InChI=1S/C14H7BrClN3/c15-11-1-3-13(9(5-11)7-17)19-14-4-2-12(16)6-10(14)8-18/h1-6,19H. The number of hydrogen-bond acceptors (Lipinski definition) is 3. The lowest BCUT2D eigenvalue weighted by molar-refractivity contribution is 1.43. The van der Waals surface area contributed by atoms with E-state index in [0.29, 0.717) is 27.5 Å². The van der Waals surface area contributed by atoms with Gasteiger partial charge in [-0.2, -0.15) is 10.5 Å². The van der Waals surface area contributed by atoms with E-state index in [1.54, 1.807) is 30.3 Å². The zero-order valence-electron chi connectivity index (χ0n) is 9.61. The third kappa shape index (κ3) is 3.06. The van der Waals surface area contributed by atoms with Gasteiger partial charge in [-0.15, -0.1) is 0 Å². The molecular weight excluding hydrogens is 326 g/mol. The minimum Gasteiger partial charge on any atom is -0.353 e. The molecule has 2 rings (SSSR count). The van der Waals surface area contributed by atoms with Crippen molar-refractivity contribution < 1.29 is 0 Å². The molecule has 0 bridgehead atoms. The minimum absolute atomic E-state index is 0.430. The Morgan fingerprint density at radius 1 is 0.947 bits per heavy atom. The van der Waals surface area contributed by atoms with Gasteiger partial charge in [0.1, 0.15) is 12.1 Å². The molecule has 0 radical (unpaired) electrons. The molecule has 0 saturated carbocycles. The summed E-state index contributed by atoms with van der Waals surface area (Å²) in [4.78, 5) is 0. The lowest BCUT2D eigenvalue weighted by atomic mass is 10.1. The maximum absolute atomic E-state index is 9.09. The highest BCUT2D eigenvalue weighted by Crippen LogP contribution is 2.27. The summed E-state index contributed by atoms with van der Waals surface area (Å²) < 4.78 is 0.825. The average molecular weight is 333 g/mol. The van der Waals surface area contributed by atoms with Crippen LogP contribution in [-0.2, 0) is 0 Å². The van der Waals surface area contributed by atoms with E-state index in [0.717, 1.165) is 4.47 Å². The second kappa shape index (κ2) is 5.75. The fourth-order valence-electron chi connectivity index (χ4n) is 1.58. The molecule has 3 nitrogen and oxygen atoms in total. The van der Waals surface area contributed by atoms with E-state index < -0.39 is 0 Å². The molecule has 1 N–H and O–H groups in total. The van der Waals surface area contributed by atoms with Gasteiger partial charge in [0.05, 0.1) is 22.5 Å². The third-order valence-electron chi connectivity index (χ3n) is 2.47. The van der Waals surface area contributed by atoms with Crippen LogP contribution < -0.4 is 5.32 Å². The van der Waals surface area contributed by atoms with Crippen LogP contribution in [-0.4, -0.2) is 0 Å². The summed E-state index contributed by atoms with van der Waals surface area (Å²) in [6.45, 7) is 0. The summed E-state index contributed by atoms with van der Waals surface area (Å²) >= 11 is 9.15. The van der Waals surface area contributed by atoms with Gasteiger partial charge in [0.2, 0.25) is 0 Å². The zero-order valence-corrected chi connectivity index (χ0v) is 12.0. The van der Waals surface area contributed by atoms with Crippen LogP contribution in [0.25, 0.3) is 0 Å². The van der Waals surface area contributed by atoms with Gasteiger partial charge in [0.25, 0.3) is 0 Å². The van der Waals surface area contributed by atoms with Gasteiger partial charge in [-0.1, -0.05) is 27.5 Å². The van der Waals surface area contributed by atoms with Crippen molar-refractivity contribution in [2.75, 3.05) is 5.32 Å². The molecule has 0 unspecified atom stereocenters. The molecule has 0 aliphatic rings. The van der Waals surface area contributed by atoms with Crippen LogP contribution >= 0.6 is 27.5 Å². The second-order valence-corrected chi connectivity index (χ2v) is 5.08. The Bertz CT molecular complexity index is 652. The van der Waals surface area contributed by atoms with Crippen molar-refractivity contribution in [3.63, 3.8) is 0 Å². The van der Waals surface area contributed by atoms with Crippen molar-refractivity contribution in [3.8, 4) is 12.1 Å². The van der Waals surface area contributed by atoms with Crippen molar-refractivity contribution in [1.82, 2.24) is 0 Å². The number of benzene rings is 2. The van der Waals surface area contributed by atoms with Crippen LogP contribution in [0.4, 0.5) is 11.4 Å². The summed E-state index contributed by atoms with van der Waals surface area (Å²) in [5.41, 5.74) is 2.18. The molecule has 19 heavy (non-hydrogen) atoms. The minimum atomic E-state index is 0.430. The van der Waals surface area contributed by atoms with E-state index in [4.69, 9.17) is 22.1 Å². The average Bonchev–Trinajstić information content (AvgIpc) is 2.42. The predicted molar refractivity (Wildman–Crippen MR) is 78.3 cm³/mol. The van der Waals surface area contributed by atoms with Gasteiger partial charge in [-0.25, -0.2) is 0 Å². The van der Waals surface area contributed by atoms with Crippen molar-refractivity contribution in [1.29, 1.82) is 10.5 Å². The Morgan fingerprint density at radius 3 is 2.16 bits per heavy atom. The summed E-state index contributed by atoms with van der Waals surface area (Å²) in [5, 5.41) is 21.7. The smallest absolute Gasteiger partial charge is 0.101 e. The van der Waals surface area contributed by atoms with Crippen molar-refractivity contribution in [2.24, 2.45) is 0 Å². The van der Waals surface area contributed by atoms with Crippen LogP contribution in [0.3, 0.4) is 0 Å². The first-order valence-corrected chi connectivity index (χ1v) is 6.47. The summed E-state index contributed by atoms with van der Waals surface area (Å²) in [7, 11) is 0. The van der Waals surface area contributed by atoms with Crippen LogP contribution in [0, 0.1) is 22.7 Å². The first-order valence-electron chi connectivity index (χ1n) is 5.30. The first kappa shape index (κ1) is 13.4. The number of nitrogens with zero attached hydrogens (tertiary/aromatic N) is 2. The molecule has 2 aromatic rings. The Hall–Kier alpha value is -2.01. The van der Waals surface area contributed by atoms with E-state index in [2.05, 4.69) is 33.4 Å². The second-order valence-electron chi connectivity index (χ2n) is 3.73. The Balaban J connectivity index is 2.43. The predicted octanol–water partition coefficient (Wildman–Crippen LogP) is 4.59. The number of nitrogens with one attached hydrogen (secondary N) is 1. The summed E-state index contributed by atoms with van der Waals surface area (Å²) in [5.74, 6) is 0. The van der Waals surface area contributed by atoms with Crippen LogP contribution in [0.2, 0.25) is 5.02 Å². The maximum atomic E-state index is 9.09. The number of anilines is 2. The van der Waals surface area contributed by atoms with Crippen molar-refractivity contribution in [3.05, 3.63) is 57.0 Å². The van der Waals surface area contributed by atoms with Crippen LogP contribution in [0.5, 0.6) is 0 Å². The quantitative estimate of drug-likeness (QED) is 0.875. The molecule has 0 aromatic heterocycles. The molecule has 0 fully saturated rings.